The zero-order valence-electron chi connectivity index (χ0n) is 10.2. The molecule has 2 nitrogen and oxygen atoms in total. The number of carboxylic acids is 1. The molecule has 1 rings (SSSR count). The van der Waals surface area contributed by atoms with E-state index in [2.05, 4.69) is 19.6 Å². The van der Waals surface area contributed by atoms with Crippen LogP contribution in [0.25, 0.3) is 5.57 Å². The van der Waals surface area contributed by atoms with Crippen LogP contribution in [0.1, 0.15) is 12.5 Å². The van der Waals surface area contributed by atoms with Gasteiger partial charge in [-0.15, -0.1) is 0 Å². The largest absolute Gasteiger partial charge is 0.478 e. The van der Waals surface area contributed by atoms with Crippen LogP contribution in [-0.4, -0.2) is 19.1 Å². The van der Waals surface area contributed by atoms with E-state index in [4.69, 9.17) is 0 Å². The van der Waals surface area contributed by atoms with Gasteiger partial charge in [0, 0.05) is 0 Å². The summed E-state index contributed by atoms with van der Waals surface area (Å²) in [5.74, 6) is -0.828. The summed E-state index contributed by atoms with van der Waals surface area (Å²) in [5, 5.41) is 10.4. The fraction of sp³-hybridized carbons (Fsp3) is 0.308. The molecule has 3 heteroatoms. The number of benzene rings is 1. The second kappa shape index (κ2) is 4.66. The van der Waals surface area contributed by atoms with Crippen molar-refractivity contribution < 1.29 is 9.90 Å². The molecule has 16 heavy (non-hydrogen) atoms. The lowest BCUT2D eigenvalue weighted by Crippen LogP contribution is -2.25. The summed E-state index contributed by atoms with van der Waals surface area (Å²) in [7, 11) is -1.57. The van der Waals surface area contributed by atoms with Crippen LogP contribution in [0.5, 0.6) is 0 Å². The Morgan fingerprint density at radius 2 is 1.62 bits per heavy atom. The number of hydrogen-bond acceptors (Lipinski definition) is 1. The number of rotatable bonds is 3. The number of hydrogen-bond donors (Lipinski definition) is 1. The fourth-order valence-electron chi connectivity index (χ4n) is 1.48. The molecular weight excluding hydrogens is 216 g/mol. The summed E-state index contributed by atoms with van der Waals surface area (Å²) in [6, 6.07) is 9.35. The topological polar surface area (TPSA) is 37.3 Å². The third-order valence-electron chi connectivity index (χ3n) is 2.78. The van der Waals surface area contributed by atoms with Gasteiger partial charge in [-0.1, -0.05) is 55.2 Å². The summed E-state index contributed by atoms with van der Waals surface area (Å²) in [5.41, 5.74) is 1.27. The van der Waals surface area contributed by atoms with Crippen molar-refractivity contribution in [3.05, 3.63) is 41.1 Å². The second-order valence-electron chi connectivity index (χ2n) is 4.92. The van der Waals surface area contributed by atoms with Crippen molar-refractivity contribution in [2.24, 2.45) is 0 Å². The molecule has 0 bridgehead atoms. The Hall–Kier alpha value is -1.35. The molecule has 0 aliphatic rings. The first-order valence-corrected chi connectivity index (χ1v) is 8.84. The van der Waals surface area contributed by atoms with Crippen LogP contribution in [0.15, 0.2) is 35.5 Å². The number of carbonyl (C=O) groups is 1. The molecule has 0 aliphatic heterocycles. The maximum atomic E-state index is 11.4. The normalized spacial score (nSPS) is 13.2. The van der Waals surface area contributed by atoms with E-state index in [-0.39, 0.29) is 0 Å². The van der Waals surface area contributed by atoms with Crippen molar-refractivity contribution in [3.8, 4) is 0 Å². The monoisotopic (exact) mass is 234 g/mol. The van der Waals surface area contributed by atoms with Crippen molar-refractivity contribution in [1.29, 1.82) is 0 Å². The van der Waals surface area contributed by atoms with Gasteiger partial charge < -0.3 is 5.11 Å². The lowest BCUT2D eigenvalue weighted by atomic mass is 10.1. The highest BCUT2D eigenvalue weighted by molar-refractivity contribution is 6.84. The molecule has 1 aromatic carbocycles. The molecule has 0 unspecified atom stereocenters. The molecule has 1 aromatic rings. The molecule has 0 fully saturated rings. The van der Waals surface area contributed by atoms with E-state index in [9.17, 15) is 9.90 Å². The fourth-order valence-corrected chi connectivity index (χ4v) is 2.48. The van der Waals surface area contributed by atoms with Crippen molar-refractivity contribution >= 4 is 19.6 Å². The summed E-state index contributed by atoms with van der Waals surface area (Å²) in [6.45, 7) is 8.43. The maximum absolute atomic E-state index is 11.4. The SMILES string of the molecule is C/C(=C(/C(=O)O)c1ccccc1)[Si](C)(C)C. The third kappa shape index (κ3) is 2.82. The summed E-state index contributed by atoms with van der Waals surface area (Å²) < 4.78 is 0. The summed E-state index contributed by atoms with van der Waals surface area (Å²) in [6.07, 6.45) is 0. The highest BCUT2D eigenvalue weighted by Crippen LogP contribution is 2.25. The molecule has 0 spiro atoms. The third-order valence-corrected chi connectivity index (χ3v) is 5.28. The molecule has 0 amide bonds. The van der Waals surface area contributed by atoms with Gasteiger partial charge in [-0.2, -0.15) is 0 Å². The molecule has 0 aromatic heterocycles. The molecule has 1 N–H and O–H groups in total. The first kappa shape index (κ1) is 12.7. The quantitative estimate of drug-likeness (QED) is 0.642. The van der Waals surface area contributed by atoms with E-state index >= 15 is 0 Å². The average molecular weight is 234 g/mol. The van der Waals surface area contributed by atoms with E-state index in [0.717, 1.165) is 10.8 Å². The standard InChI is InChI=1S/C13H18O2Si/c1-10(16(2,3)4)12(13(14)15)11-8-6-5-7-9-11/h5-9H,1-4H3,(H,14,15)/b12-10-. The smallest absolute Gasteiger partial charge is 0.335 e. The van der Waals surface area contributed by atoms with Gasteiger partial charge in [0.05, 0.1) is 13.6 Å². The van der Waals surface area contributed by atoms with E-state index < -0.39 is 14.0 Å². The Kier molecular flexibility index (Phi) is 3.70. The van der Waals surface area contributed by atoms with Gasteiger partial charge in [-0.3, -0.25) is 0 Å². The molecule has 0 saturated heterocycles. The molecule has 0 heterocycles. The van der Waals surface area contributed by atoms with E-state index in [1.54, 1.807) is 0 Å². The van der Waals surface area contributed by atoms with Crippen LogP contribution in [0, 0.1) is 0 Å². The van der Waals surface area contributed by atoms with Gasteiger partial charge in [0.1, 0.15) is 0 Å². The van der Waals surface area contributed by atoms with Crippen molar-refractivity contribution in [3.63, 3.8) is 0 Å². The summed E-state index contributed by atoms with van der Waals surface area (Å²) in [4.78, 5) is 11.4. The predicted octanol–water partition coefficient (Wildman–Crippen LogP) is 3.42. The van der Waals surface area contributed by atoms with Crippen LogP contribution in [-0.2, 0) is 4.79 Å². The van der Waals surface area contributed by atoms with Crippen LogP contribution in [0.4, 0.5) is 0 Å². The minimum absolute atomic E-state index is 0.472. The molecule has 0 radical (unpaired) electrons. The number of aliphatic carboxylic acids is 1. The van der Waals surface area contributed by atoms with Crippen molar-refractivity contribution in [2.45, 2.75) is 26.6 Å². The van der Waals surface area contributed by atoms with Crippen LogP contribution < -0.4 is 0 Å². The Morgan fingerprint density at radius 3 is 2.00 bits per heavy atom. The van der Waals surface area contributed by atoms with Gasteiger partial charge >= 0.3 is 5.97 Å². The van der Waals surface area contributed by atoms with E-state index in [0.29, 0.717) is 5.57 Å². The predicted molar refractivity (Wildman–Crippen MR) is 70.0 cm³/mol. The Labute approximate surface area is 97.6 Å². The van der Waals surface area contributed by atoms with Crippen LogP contribution in [0.3, 0.4) is 0 Å². The molecule has 0 aliphatic carbocycles. The zero-order chi connectivity index (χ0) is 12.3. The molecule has 0 atom stereocenters. The van der Waals surface area contributed by atoms with E-state index in [1.807, 2.05) is 37.3 Å². The molecular formula is C13H18O2Si. The Morgan fingerprint density at radius 1 is 1.12 bits per heavy atom. The zero-order valence-corrected chi connectivity index (χ0v) is 11.2. The highest BCUT2D eigenvalue weighted by atomic mass is 28.3. The van der Waals surface area contributed by atoms with Gasteiger partial charge in [0.15, 0.2) is 0 Å². The first-order chi connectivity index (χ1) is 7.34. The lowest BCUT2D eigenvalue weighted by molar-refractivity contribution is -0.130. The van der Waals surface area contributed by atoms with Gasteiger partial charge in [-0.25, -0.2) is 4.79 Å². The maximum Gasteiger partial charge on any atom is 0.335 e. The van der Waals surface area contributed by atoms with Gasteiger partial charge in [-0.05, 0) is 12.5 Å². The number of allylic oxidation sites excluding steroid dienone is 1. The Balaban J connectivity index is 3.37. The number of carboxylic acid groups (broad SMARTS) is 1. The van der Waals surface area contributed by atoms with Crippen LogP contribution in [0.2, 0.25) is 19.6 Å². The summed E-state index contributed by atoms with van der Waals surface area (Å²) >= 11 is 0. The average Bonchev–Trinajstić information content (AvgIpc) is 2.17. The molecule has 0 saturated carbocycles. The minimum Gasteiger partial charge on any atom is -0.478 e. The molecule has 86 valence electrons. The minimum atomic E-state index is -1.57. The second-order valence-corrected chi connectivity index (χ2v) is 10.2. The van der Waals surface area contributed by atoms with Crippen molar-refractivity contribution in [2.75, 3.05) is 0 Å². The van der Waals surface area contributed by atoms with E-state index in [1.165, 1.54) is 0 Å². The van der Waals surface area contributed by atoms with Crippen molar-refractivity contribution in [1.82, 2.24) is 0 Å². The Bertz CT molecular complexity index is 413. The lowest BCUT2D eigenvalue weighted by Gasteiger charge is -2.20. The van der Waals surface area contributed by atoms with Gasteiger partial charge in [0.2, 0.25) is 0 Å². The van der Waals surface area contributed by atoms with Crippen LogP contribution >= 0.6 is 0 Å². The highest BCUT2D eigenvalue weighted by Gasteiger charge is 2.23. The first-order valence-electron chi connectivity index (χ1n) is 5.34. The van der Waals surface area contributed by atoms with Gasteiger partial charge in [0.25, 0.3) is 0 Å².